The van der Waals surface area contributed by atoms with E-state index >= 15 is 0 Å². The minimum absolute atomic E-state index is 0.455. The highest BCUT2D eigenvalue weighted by Crippen LogP contribution is 2.47. The maximum Gasteiger partial charge on any atom is 0.0648 e. The van der Waals surface area contributed by atoms with Gasteiger partial charge in [0.05, 0.1) is 25.4 Å². The summed E-state index contributed by atoms with van der Waals surface area (Å²) in [6.07, 6.45) is 8.19. The third-order valence-electron chi connectivity index (χ3n) is 3.58. The standard InChI is InChI=1S/C13H20O2/c1-3-5-14-12-8-11-7-10(12)9-13(11)15-6-4-2/h3-4,10-13H,1-2,5-9H2. The number of rotatable bonds is 6. The van der Waals surface area contributed by atoms with Crippen LogP contribution in [0, 0.1) is 11.8 Å². The molecule has 15 heavy (non-hydrogen) atoms. The van der Waals surface area contributed by atoms with E-state index in [1.165, 1.54) is 19.3 Å². The van der Waals surface area contributed by atoms with Crippen LogP contribution in [0.15, 0.2) is 25.3 Å². The summed E-state index contributed by atoms with van der Waals surface area (Å²) in [5.74, 6) is 1.43. The van der Waals surface area contributed by atoms with Crippen LogP contribution in [0.4, 0.5) is 0 Å². The first-order valence-electron chi connectivity index (χ1n) is 5.80. The van der Waals surface area contributed by atoms with Gasteiger partial charge in [-0.2, -0.15) is 0 Å². The lowest BCUT2D eigenvalue weighted by Gasteiger charge is -2.27. The van der Waals surface area contributed by atoms with Crippen LogP contribution in [0.2, 0.25) is 0 Å². The number of hydrogen-bond donors (Lipinski definition) is 0. The molecule has 4 unspecified atom stereocenters. The topological polar surface area (TPSA) is 18.5 Å². The van der Waals surface area contributed by atoms with Gasteiger partial charge in [0.2, 0.25) is 0 Å². The highest BCUT2D eigenvalue weighted by atomic mass is 16.5. The molecule has 0 aromatic rings. The van der Waals surface area contributed by atoms with Crippen molar-refractivity contribution >= 4 is 0 Å². The highest BCUT2D eigenvalue weighted by molar-refractivity contribution is 4.97. The van der Waals surface area contributed by atoms with Gasteiger partial charge in [0.25, 0.3) is 0 Å². The van der Waals surface area contributed by atoms with Crippen molar-refractivity contribution < 1.29 is 9.47 Å². The van der Waals surface area contributed by atoms with Crippen molar-refractivity contribution in [2.75, 3.05) is 13.2 Å². The summed E-state index contributed by atoms with van der Waals surface area (Å²) in [6, 6.07) is 0. The van der Waals surface area contributed by atoms with E-state index in [0.717, 1.165) is 0 Å². The average molecular weight is 208 g/mol. The van der Waals surface area contributed by atoms with E-state index in [-0.39, 0.29) is 0 Å². The molecular weight excluding hydrogens is 188 g/mol. The van der Waals surface area contributed by atoms with Gasteiger partial charge in [0.1, 0.15) is 0 Å². The second kappa shape index (κ2) is 4.95. The predicted molar refractivity (Wildman–Crippen MR) is 60.7 cm³/mol. The second-order valence-electron chi connectivity index (χ2n) is 4.55. The van der Waals surface area contributed by atoms with E-state index in [1.807, 2.05) is 12.2 Å². The molecular formula is C13H20O2. The largest absolute Gasteiger partial charge is 0.374 e. The van der Waals surface area contributed by atoms with Crippen LogP contribution in [0.5, 0.6) is 0 Å². The van der Waals surface area contributed by atoms with E-state index < -0.39 is 0 Å². The summed E-state index contributed by atoms with van der Waals surface area (Å²) >= 11 is 0. The third kappa shape index (κ3) is 2.32. The highest BCUT2D eigenvalue weighted by Gasteiger charge is 2.46. The van der Waals surface area contributed by atoms with Gasteiger partial charge in [-0.1, -0.05) is 12.2 Å². The van der Waals surface area contributed by atoms with Crippen LogP contribution in [0.1, 0.15) is 19.3 Å². The Balaban J connectivity index is 1.78. The zero-order valence-corrected chi connectivity index (χ0v) is 9.23. The molecule has 2 rings (SSSR count). The summed E-state index contributed by atoms with van der Waals surface area (Å²) in [6.45, 7) is 8.73. The van der Waals surface area contributed by atoms with Gasteiger partial charge in [-0.25, -0.2) is 0 Å². The molecule has 2 fully saturated rings. The van der Waals surface area contributed by atoms with Gasteiger partial charge in [-0.05, 0) is 31.1 Å². The van der Waals surface area contributed by atoms with E-state index in [1.54, 1.807) is 0 Å². The zero-order valence-electron chi connectivity index (χ0n) is 9.23. The SMILES string of the molecule is C=CCOC1CC2CC1CC2OCC=C. The molecule has 0 saturated heterocycles. The summed E-state index contributed by atoms with van der Waals surface area (Å²) in [5.41, 5.74) is 0. The molecule has 84 valence electrons. The van der Waals surface area contributed by atoms with E-state index in [9.17, 15) is 0 Å². The Morgan fingerprint density at radius 3 is 1.67 bits per heavy atom. The van der Waals surface area contributed by atoms with Crippen molar-refractivity contribution in [3.8, 4) is 0 Å². The van der Waals surface area contributed by atoms with Gasteiger partial charge < -0.3 is 9.47 Å². The van der Waals surface area contributed by atoms with E-state index in [4.69, 9.17) is 9.47 Å². The molecule has 2 aliphatic rings. The van der Waals surface area contributed by atoms with Gasteiger partial charge in [0, 0.05) is 0 Å². The first-order valence-corrected chi connectivity index (χ1v) is 5.80. The van der Waals surface area contributed by atoms with Crippen molar-refractivity contribution in [2.45, 2.75) is 31.5 Å². The molecule has 0 spiro atoms. The molecule has 0 aromatic carbocycles. The van der Waals surface area contributed by atoms with Crippen molar-refractivity contribution in [3.63, 3.8) is 0 Å². The molecule has 2 aliphatic carbocycles. The zero-order chi connectivity index (χ0) is 10.7. The summed E-state index contributed by atoms with van der Waals surface area (Å²) in [4.78, 5) is 0. The Labute approximate surface area is 92.0 Å². The summed E-state index contributed by atoms with van der Waals surface area (Å²) < 4.78 is 11.5. The minimum atomic E-state index is 0.455. The molecule has 0 amide bonds. The van der Waals surface area contributed by atoms with Crippen LogP contribution in [0.3, 0.4) is 0 Å². The Kier molecular flexibility index (Phi) is 3.60. The number of hydrogen-bond acceptors (Lipinski definition) is 2. The van der Waals surface area contributed by atoms with Crippen LogP contribution in [0.25, 0.3) is 0 Å². The fourth-order valence-electron chi connectivity index (χ4n) is 2.96. The molecule has 0 aliphatic heterocycles. The number of ether oxygens (including phenoxy) is 2. The normalized spacial score (nSPS) is 38.1. The van der Waals surface area contributed by atoms with Crippen LogP contribution >= 0.6 is 0 Å². The smallest absolute Gasteiger partial charge is 0.0648 e. The van der Waals surface area contributed by atoms with Crippen LogP contribution in [-0.4, -0.2) is 25.4 Å². The first kappa shape index (κ1) is 10.9. The molecule has 0 N–H and O–H groups in total. The monoisotopic (exact) mass is 208 g/mol. The molecule has 4 atom stereocenters. The van der Waals surface area contributed by atoms with Crippen molar-refractivity contribution in [1.82, 2.24) is 0 Å². The lowest BCUT2D eigenvalue weighted by atomic mass is 9.95. The van der Waals surface area contributed by atoms with Gasteiger partial charge >= 0.3 is 0 Å². The summed E-state index contributed by atoms with van der Waals surface area (Å²) in [5, 5.41) is 0. The third-order valence-corrected chi connectivity index (χ3v) is 3.58. The average Bonchev–Trinajstić information content (AvgIpc) is 2.82. The maximum atomic E-state index is 5.75. The van der Waals surface area contributed by atoms with Crippen molar-refractivity contribution in [2.24, 2.45) is 11.8 Å². The Morgan fingerprint density at radius 2 is 1.33 bits per heavy atom. The molecule has 0 aromatic heterocycles. The van der Waals surface area contributed by atoms with Crippen molar-refractivity contribution in [1.29, 1.82) is 0 Å². The molecule has 2 heteroatoms. The molecule has 2 bridgehead atoms. The van der Waals surface area contributed by atoms with Gasteiger partial charge in [0.15, 0.2) is 0 Å². The van der Waals surface area contributed by atoms with Crippen LogP contribution < -0.4 is 0 Å². The minimum Gasteiger partial charge on any atom is -0.374 e. The Morgan fingerprint density at radius 1 is 0.867 bits per heavy atom. The van der Waals surface area contributed by atoms with Crippen LogP contribution in [-0.2, 0) is 9.47 Å². The van der Waals surface area contributed by atoms with E-state index in [2.05, 4.69) is 13.2 Å². The summed E-state index contributed by atoms with van der Waals surface area (Å²) in [7, 11) is 0. The molecule has 0 heterocycles. The quantitative estimate of drug-likeness (QED) is 0.625. The fraction of sp³-hybridized carbons (Fsp3) is 0.692. The fourth-order valence-corrected chi connectivity index (χ4v) is 2.96. The Hall–Kier alpha value is -0.600. The molecule has 0 radical (unpaired) electrons. The number of fused-ring (bicyclic) bond motifs is 2. The van der Waals surface area contributed by atoms with Gasteiger partial charge in [-0.15, -0.1) is 13.2 Å². The molecule has 2 saturated carbocycles. The second-order valence-corrected chi connectivity index (χ2v) is 4.55. The predicted octanol–water partition coefficient (Wildman–Crippen LogP) is 2.56. The Bertz CT molecular complexity index is 213. The molecule has 2 nitrogen and oxygen atoms in total. The lowest BCUT2D eigenvalue weighted by Crippen LogP contribution is -2.29. The van der Waals surface area contributed by atoms with Gasteiger partial charge in [-0.3, -0.25) is 0 Å². The maximum absolute atomic E-state index is 5.75. The van der Waals surface area contributed by atoms with E-state index in [0.29, 0.717) is 37.3 Å². The first-order chi connectivity index (χ1) is 7.35. The van der Waals surface area contributed by atoms with Crippen molar-refractivity contribution in [3.05, 3.63) is 25.3 Å². The lowest BCUT2D eigenvalue weighted by molar-refractivity contribution is -0.0235.